The maximum absolute atomic E-state index is 5.19. The Bertz CT molecular complexity index is 898. The number of benzene rings is 1. The number of anilines is 3. The van der Waals surface area contributed by atoms with Crippen LogP contribution in [0.2, 0.25) is 0 Å². The van der Waals surface area contributed by atoms with Crippen LogP contribution in [-0.2, 0) is 6.42 Å². The fourth-order valence-electron chi connectivity index (χ4n) is 3.22. The minimum absolute atomic E-state index is 0.546. The number of ether oxygens (including phenoxy) is 1. The zero-order valence-electron chi connectivity index (χ0n) is 16.4. The lowest BCUT2D eigenvalue weighted by Crippen LogP contribution is -2.47. The summed E-state index contributed by atoms with van der Waals surface area (Å²) < 4.78 is 5.19. The number of methoxy groups -OCH3 is 1. The van der Waals surface area contributed by atoms with Gasteiger partial charge < -0.3 is 19.9 Å². The Hall–Kier alpha value is -3.49. The summed E-state index contributed by atoms with van der Waals surface area (Å²) >= 11 is 0. The number of hydrogen-bond donors (Lipinski definition) is 1. The molecule has 0 saturated carbocycles. The zero-order valence-corrected chi connectivity index (χ0v) is 16.4. The Morgan fingerprint density at radius 2 is 1.72 bits per heavy atom. The Morgan fingerprint density at radius 3 is 2.45 bits per heavy atom. The minimum Gasteiger partial charge on any atom is -0.497 e. The summed E-state index contributed by atoms with van der Waals surface area (Å²) in [4.78, 5) is 17.7. The SMILES string of the molecule is COc1ccc(CCNc2nncc(N3CCN(c4ncccn4)CC3)n2)cc1. The fraction of sp³-hybridized carbons (Fsp3) is 0.350. The summed E-state index contributed by atoms with van der Waals surface area (Å²) in [6, 6.07) is 9.88. The van der Waals surface area contributed by atoms with Crippen molar-refractivity contribution in [2.45, 2.75) is 6.42 Å². The summed E-state index contributed by atoms with van der Waals surface area (Å²) in [5.74, 6) is 3.01. The number of rotatable bonds is 7. The highest BCUT2D eigenvalue weighted by Crippen LogP contribution is 2.16. The van der Waals surface area contributed by atoms with E-state index in [4.69, 9.17) is 4.74 Å². The van der Waals surface area contributed by atoms with E-state index in [9.17, 15) is 0 Å². The summed E-state index contributed by atoms with van der Waals surface area (Å²) in [6.45, 7) is 4.09. The van der Waals surface area contributed by atoms with Gasteiger partial charge in [0.15, 0.2) is 5.82 Å². The highest BCUT2D eigenvalue weighted by molar-refractivity contribution is 5.43. The molecule has 0 aliphatic carbocycles. The molecule has 2 aromatic heterocycles. The molecule has 1 fully saturated rings. The van der Waals surface area contributed by atoms with Crippen LogP contribution in [-0.4, -0.2) is 65.0 Å². The van der Waals surface area contributed by atoms with E-state index in [0.717, 1.165) is 56.7 Å². The predicted octanol–water partition coefficient (Wildman–Crippen LogP) is 1.65. The molecule has 1 N–H and O–H groups in total. The van der Waals surface area contributed by atoms with Crippen LogP contribution in [0.5, 0.6) is 5.75 Å². The average Bonchev–Trinajstić information content (AvgIpc) is 2.80. The van der Waals surface area contributed by atoms with Gasteiger partial charge in [-0.05, 0) is 30.2 Å². The molecule has 0 spiro atoms. The standard InChI is InChI=1S/C20H24N8O/c1-29-17-5-3-16(4-6-17)7-10-21-19-25-18(15-24-26-19)27-11-13-28(14-12-27)20-22-8-2-9-23-20/h2-6,8-9,15H,7,10-14H2,1H3,(H,21,25,26). The van der Waals surface area contributed by atoms with Crippen molar-refractivity contribution in [3.63, 3.8) is 0 Å². The first kappa shape index (κ1) is 18.9. The predicted molar refractivity (Wildman–Crippen MR) is 111 cm³/mol. The van der Waals surface area contributed by atoms with Crippen LogP contribution in [0.1, 0.15) is 5.56 Å². The zero-order chi connectivity index (χ0) is 19.9. The highest BCUT2D eigenvalue weighted by atomic mass is 16.5. The van der Waals surface area contributed by atoms with Gasteiger partial charge in [0.05, 0.1) is 13.3 Å². The molecule has 3 aromatic rings. The van der Waals surface area contributed by atoms with Gasteiger partial charge in [0.2, 0.25) is 11.9 Å². The average molecular weight is 392 g/mol. The van der Waals surface area contributed by atoms with E-state index in [2.05, 4.69) is 52.4 Å². The van der Waals surface area contributed by atoms with E-state index in [1.165, 1.54) is 5.56 Å². The largest absolute Gasteiger partial charge is 0.497 e. The molecule has 1 saturated heterocycles. The number of nitrogens with zero attached hydrogens (tertiary/aromatic N) is 7. The third-order valence-electron chi connectivity index (χ3n) is 4.84. The van der Waals surface area contributed by atoms with Crippen LogP contribution in [0.25, 0.3) is 0 Å². The third-order valence-corrected chi connectivity index (χ3v) is 4.84. The van der Waals surface area contributed by atoms with E-state index in [1.807, 2.05) is 18.2 Å². The molecule has 29 heavy (non-hydrogen) atoms. The molecule has 0 amide bonds. The van der Waals surface area contributed by atoms with Crippen molar-refractivity contribution in [3.05, 3.63) is 54.5 Å². The molecule has 0 unspecified atom stereocenters. The lowest BCUT2D eigenvalue weighted by molar-refractivity contribution is 0.414. The molecule has 0 atom stereocenters. The number of hydrogen-bond acceptors (Lipinski definition) is 9. The number of aromatic nitrogens is 5. The van der Waals surface area contributed by atoms with Crippen LogP contribution in [0, 0.1) is 0 Å². The lowest BCUT2D eigenvalue weighted by Gasteiger charge is -2.35. The smallest absolute Gasteiger partial charge is 0.244 e. The van der Waals surface area contributed by atoms with Crippen molar-refractivity contribution < 1.29 is 4.74 Å². The van der Waals surface area contributed by atoms with Crippen LogP contribution < -0.4 is 19.9 Å². The van der Waals surface area contributed by atoms with E-state index in [0.29, 0.717) is 5.95 Å². The minimum atomic E-state index is 0.546. The van der Waals surface area contributed by atoms with Crippen molar-refractivity contribution in [1.29, 1.82) is 0 Å². The maximum atomic E-state index is 5.19. The third kappa shape index (κ3) is 4.87. The Kier molecular flexibility index (Phi) is 5.94. The van der Waals surface area contributed by atoms with Gasteiger partial charge in [0, 0.05) is 45.1 Å². The van der Waals surface area contributed by atoms with Gasteiger partial charge in [-0.1, -0.05) is 12.1 Å². The van der Waals surface area contributed by atoms with Crippen molar-refractivity contribution in [2.75, 3.05) is 55.0 Å². The quantitative estimate of drug-likeness (QED) is 0.644. The van der Waals surface area contributed by atoms with Crippen molar-refractivity contribution in [1.82, 2.24) is 25.1 Å². The Morgan fingerprint density at radius 1 is 1.00 bits per heavy atom. The molecular weight excluding hydrogens is 368 g/mol. The molecule has 0 bridgehead atoms. The van der Waals surface area contributed by atoms with Gasteiger partial charge in [0.25, 0.3) is 0 Å². The number of nitrogens with one attached hydrogen (secondary N) is 1. The van der Waals surface area contributed by atoms with Crippen molar-refractivity contribution >= 4 is 17.7 Å². The first-order chi connectivity index (χ1) is 14.3. The monoisotopic (exact) mass is 392 g/mol. The topological polar surface area (TPSA) is 92.2 Å². The van der Waals surface area contributed by atoms with Crippen molar-refractivity contribution in [2.24, 2.45) is 0 Å². The van der Waals surface area contributed by atoms with Crippen LogP contribution in [0.3, 0.4) is 0 Å². The van der Waals surface area contributed by atoms with E-state index in [1.54, 1.807) is 25.7 Å². The van der Waals surface area contributed by atoms with Gasteiger partial charge in [-0.2, -0.15) is 10.1 Å². The molecule has 4 rings (SSSR count). The first-order valence-electron chi connectivity index (χ1n) is 9.65. The number of piperazine rings is 1. The molecule has 9 heteroatoms. The van der Waals surface area contributed by atoms with Gasteiger partial charge in [-0.3, -0.25) is 0 Å². The van der Waals surface area contributed by atoms with Crippen LogP contribution in [0.4, 0.5) is 17.7 Å². The Labute approximate surface area is 169 Å². The van der Waals surface area contributed by atoms with E-state index in [-0.39, 0.29) is 0 Å². The molecule has 150 valence electrons. The van der Waals surface area contributed by atoms with Gasteiger partial charge in [0.1, 0.15) is 5.75 Å². The molecule has 3 heterocycles. The lowest BCUT2D eigenvalue weighted by atomic mass is 10.1. The van der Waals surface area contributed by atoms with E-state index >= 15 is 0 Å². The van der Waals surface area contributed by atoms with Crippen LogP contribution >= 0.6 is 0 Å². The van der Waals surface area contributed by atoms with Gasteiger partial charge in [-0.15, -0.1) is 5.10 Å². The molecule has 1 aromatic carbocycles. The maximum Gasteiger partial charge on any atom is 0.244 e. The first-order valence-corrected chi connectivity index (χ1v) is 9.65. The molecule has 1 aliphatic heterocycles. The molecular formula is C20H24N8O. The molecule has 0 radical (unpaired) electrons. The molecule has 1 aliphatic rings. The summed E-state index contributed by atoms with van der Waals surface area (Å²) in [5.41, 5.74) is 1.22. The fourth-order valence-corrected chi connectivity index (χ4v) is 3.22. The summed E-state index contributed by atoms with van der Waals surface area (Å²) in [6.07, 6.45) is 6.12. The second-order valence-electron chi connectivity index (χ2n) is 6.69. The Balaban J connectivity index is 1.29. The van der Waals surface area contributed by atoms with Gasteiger partial charge >= 0.3 is 0 Å². The van der Waals surface area contributed by atoms with Crippen LogP contribution in [0.15, 0.2) is 48.9 Å². The van der Waals surface area contributed by atoms with E-state index < -0.39 is 0 Å². The normalized spacial score (nSPS) is 14.0. The van der Waals surface area contributed by atoms with Crippen molar-refractivity contribution in [3.8, 4) is 5.75 Å². The molecule has 9 nitrogen and oxygen atoms in total. The second kappa shape index (κ2) is 9.13. The van der Waals surface area contributed by atoms with Gasteiger partial charge in [-0.25, -0.2) is 9.97 Å². The summed E-state index contributed by atoms with van der Waals surface area (Å²) in [5, 5.41) is 11.5. The highest BCUT2D eigenvalue weighted by Gasteiger charge is 2.20. The summed E-state index contributed by atoms with van der Waals surface area (Å²) in [7, 11) is 1.67. The second-order valence-corrected chi connectivity index (χ2v) is 6.69.